The van der Waals surface area contributed by atoms with Crippen LogP contribution in [0, 0.1) is 24.4 Å². The largest absolute Gasteiger partial charge is 0.204 e. The second-order valence-electron chi connectivity index (χ2n) is 2.76. The van der Waals surface area contributed by atoms with Gasteiger partial charge in [0, 0.05) is 15.0 Å². The standard InChI is InChI=1S/C9H5F3S/c1-4-2-5-7(13-4)3-6(10)9(12)8(5)11/h2-3H,1H3. The Morgan fingerprint density at radius 2 is 1.77 bits per heavy atom. The van der Waals surface area contributed by atoms with Gasteiger partial charge in [-0.15, -0.1) is 11.3 Å². The second-order valence-corrected chi connectivity index (χ2v) is 4.04. The molecule has 0 aliphatic carbocycles. The van der Waals surface area contributed by atoms with E-state index in [-0.39, 0.29) is 5.39 Å². The molecule has 0 nitrogen and oxygen atoms in total. The molecule has 2 aromatic rings. The molecule has 1 aromatic carbocycles. The average Bonchev–Trinajstić information content (AvgIpc) is 2.42. The Morgan fingerprint density at radius 1 is 1.08 bits per heavy atom. The van der Waals surface area contributed by atoms with E-state index in [2.05, 4.69) is 0 Å². The van der Waals surface area contributed by atoms with Gasteiger partial charge in [0.2, 0.25) is 0 Å². The topological polar surface area (TPSA) is 0 Å². The fraction of sp³-hybridized carbons (Fsp3) is 0.111. The predicted octanol–water partition coefficient (Wildman–Crippen LogP) is 3.63. The van der Waals surface area contributed by atoms with Gasteiger partial charge in [0.05, 0.1) is 0 Å². The number of hydrogen-bond acceptors (Lipinski definition) is 1. The van der Waals surface area contributed by atoms with Gasteiger partial charge in [0.25, 0.3) is 0 Å². The van der Waals surface area contributed by atoms with Gasteiger partial charge in [-0.1, -0.05) is 0 Å². The maximum Gasteiger partial charge on any atom is 0.195 e. The summed E-state index contributed by atoms with van der Waals surface area (Å²) in [5, 5.41) is 0.154. The molecule has 0 radical (unpaired) electrons. The molecule has 1 heterocycles. The summed E-state index contributed by atoms with van der Waals surface area (Å²) in [5.41, 5.74) is 0. The molecule has 1 aromatic heterocycles. The first-order valence-corrected chi connectivity index (χ1v) is 4.45. The molecule has 0 aliphatic heterocycles. The SMILES string of the molecule is Cc1cc2c(F)c(F)c(F)cc2s1. The van der Waals surface area contributed by atoms with Crippen molar-refractivity contribution in [2.45, 2.75) is 6.92 Å². The van der Waals surface area contributed by atoms with E-state index in [9.17, 15) is 13.2 Å². The zero-order valence-corrected chi connectivity index (χ0v) is 7.51. The summed E-state index contributed by atoms with van der Waals surface area (Å²) in [4.78, 5) is 0.832. The molecular formula is C9H5F3S. The molecule has 0 atom stereocenters. The van der Waals surface area contributed by atoms with Crippen LogP contribution in [0.3, 0.4) is 0 Å². The highest BCUT2D eigenvalue weighted by Crippen LogP contribution is 2.29. The zero-order chi connectivity index (χ0) is 9.59. The number of thiophene rings is 1. The minimum absolute atomic E-state index is 0.154. The van der Waals surface area contributed by atoms with Crippen molar-refractivity contribution in [1.29, 1.82) is 0 Å². The van der Waals surface area contributed by atoms with Gasteiger partial charge in [0.15, 0.2) is 17.5 Å². The summed E-state index contributed by atoms with van der Waals surface area (Å²) in [6.45, 7) is 1.76. The molecule has 2 rings (SSSR count). The van der Waals surface area contributed by atoms with Crippen LogP contribution in [0.25, 0.3) is 10.1 Å². The van der Waals surface area contributed by atoms with Gasteiger partial charge in [-0.3, -0.25) is 0 Å². The van der Waals surface area contributed by atoms with Crippen molar-refractivity contribution in [3.63, 3.8) is 0 Å². The van der Waals surface area contributed by atoms with Gasteiger partial charge in [0.1, 0.15) is 0 Å². The van der Waals surface area contributed by atoms with Gasteiger partial charge < -0.3 is 0 Å². The summed E-state index contributed by atoms with van der Waals surface area (Å²) in [7, 11) is 0. The van der Waals surface area contributed by atoms with E-state index < -0.39 is 17.5 Å². The molecule has 0 bridgehead atoms. The van der Waals surface area contributed by atoms with Crippen LogP contribution in [-0.2, 0) is 0 Å². The molecule has 13 heavy (non-hydrogen) atoms. The van der Waals surface area contributed by atoms with Crippen molar-refractivity contribution in [3.05, 3.63) is 34.5 Å². The molecule has 68 valence electrons. The Hall–Kier alpha value is -1.03. The first-order valence-electron chi connectivity index (χ1n) is 3.63. The maximum absolute atomic E-state index is 13.1. The van der Waals surface area contributed by atoms with E-state index in [1.54, 1.807) is 6.92 Å². The highest BCUT2D eigenvalue weighted by Gasteiger charge is 2.14. The molecule has 0 N–H and O–H groups in total. The van der Waals surface area contributed by atoms with Gasteiger partial charge in [-0.25, -0.2) is 13.2 Å². The summed E-state index contributed by atoms with van der Waals surface area (Å²) in [5.74, 6) is -3.63. The maximum atomic E-state index is 13.1. The van der Waals surface area contributed by atoms with Crippen molar-refractivity contribution in [1.82, 2.24) is 0 Å². The van der Waals surface area contributed by atoms with E-state index in [1.165, 1.54) is 17.4 Å². The molecular weight excluding hydrogens is 197 g/mol. The molecule has 0 aliphatic rings. The third-order valence-corrected chi connectivity index (χ3v) is 2.78. The van der Waals surface area contributed by atoms with E-state index in [0.717, 1.165) is 10.9 Å². The van der Waals surface area contributed by atoms with Crippen LogP contribution in [0.15, 0.2) is 12.1 Å². The van der Waals surface area contributed by atoms with E-state index >= 15 is 0 Å². The predicted molar refractivity (Wildman–Crippen MR) is 46.4 cm³/mol. The Bertz CT molecular complexity index is 473. The summed E-state index contributed by atoms with van der Waals surface area (Å²) in [6, 6.07) is 2.53. The van der Waals surface area contributed by atoms with Crippen molar-refractivity contribution >= 4 is 21.4 Å². The second kappa shape index (κ2) is 2.73. The van der Waals surface area contributed by atoms with Crippen LogP contribution in [-0.4, -0.2) is 0 Å². The molecule has 0 fully saturated rings. The lowest BCUT2D eigenvalue weighted by molar-refractivity contribution is 0.454. The van der Waals surface area contributed by atoms with E-state index in [4.69, 9.17) is 0 Å². The highest BCUT2D eigenvalue weighted by atomic mass is 32.1. The van der Waals surface area contributed by atoms with Crippen molar-refractivity contribution in [2.75, 3.05) is 0 Å². The van der Waals surface area contributed by atoms with Gasteiger partial charge in [-0.2, -0.15) is 0 Å². The van der Waals surface area contributed by atoms with E-state index in [1.807, 2.05) is 0 Å². The molecule has 0 saturated heterocycles. The first kappa shape index (κ1) is 8.56. The molecule has 0 amide bonds. The number of benzene rings is 1. The summed E-state index contributed by atoms with van der Waals surface area (Å²) >= 11 is 1.24. The molecule has 4 heteroatoms. The molecule has 0 saturated carbocycles. The quantitative estimate of drug-likeness (QED) is 0.572. The Kier molecular flexibility index (Phi) is 1.80. The normalized spacial score (nSPS) is 11.1. The first-order chi connectivity index (χ1) is 6.09. The van der Waals surface area contributed by atoms with E-state index in [0.29, 0.717) is 4.70 Å². The average molecular weight is 202 g/mol. The van der Waals surface area contributed by atoms with Crippen LogP contribution in [0.2, 0.25) is 0 Å². The lowest BCUT2D eigenvalue weighted by Crippen LogP contribution is -1.89. The number of halogens is 3. The smallest absolute Gasteiger partial charge is 0.195 e. The number of rotatable bonds is 0. The summed E-state index contributed by atoms with van der Waals surface area (Å²) < 4.78 is 38.9. The van der Waals surface area contributed by atoms with Crippen LogP contribution in [0.4, 0.5) is 13.2 Å². The fourth-order valence-electron chi connectivity index (χ4n) is 1.21. The molecule has 0 spiro atoms. The summed E-state index contributed by atoms with van der Waals surface area (Å²) in [6.07, 6.45) is 0. The lowest BCUT2D eigenvalue weighted by atomic mass is 10.2. The highest BCUT2D eigenvalue weighted by molar-refractivity contribution is 7.19. The minimum atomic E-state index is -1.40. The fourth-order valence-corrected chi connectivity index (χ4v) is 2.16. The van der Waals surface area contributed by atoms with Gasteiger partial charge in [-0.05, 0) is 19.1 Å². The third kappa shape index (κ3) is 1.21. The Morgan fingerprint density at radius 3 is 2.46 bits per heavy atom. The molecule has 0 unspecified atom stereocenters. The number of fused-ring (bicyclic) bond motifs is 1. The van der Waals surface area contributed by atoms with Crippen LogP contribution < -0.4 is 0 Å². The monoisotopic (exact) mass is 202 g/mol. The lowest BCUT2D eigenvalue weighted by Gasteiger charge is -1.95. The van der Waals surface area contributed by atoms with Gasteiger partial charge >= 0.3 is 0 Å². The Labute approximate surface area is 76.6 Å². The van der Waals surface area contributed by atoms with Crippen LogP contribution >= 0.6 is 11.3 Å². The van der Waals surface area contributed by atoms with Crippen LogP contribution in [0.5, 0.6) is 0 Å². The van der Waals surface area contributed by atoms with Crippen molar-refractivity contribution in [3.8, 4) is 0 Å². The van der Waals surface area contributed by atoms with Crippen molar-refractivity contribution in [2.24, 2.45) is 0 Å². The zero-order valence-electron chi connectivity index (χ0n) is 6.70. The Balaban J connectivity index is 2.92. The number of hydrogen-bond donors (Lipinski definition) is 0. The minimum Gasteiger partial charge on any atom is -0.204 e. The third-order valence-electron chi connectivity index (χ3n) is 1.78. The number of aryl methyl sites for hydroxylation is 1. The van der Waals surface area contributed by atoms with Crippen LogP contribution in [0.1, 0.15) is 4.88 Å². The van der Waals surface area contributed by atoms with Crippen molar-refractivity contribution < 1.29 is 13.2 Å².